The van der Waals surface area contributed by atoms with Gasteiger partial charge in [-0.1, -0.05) is 61.7 Å². The lowest BCUT2D eigenvalue weighted by molar-refractivity contribution is 0.0141. The molecule has 248 valence electrons. The Morgan fingerprint density at radius 1 is 0.761 bits per heavy atom. The molecule has 2 aromatic carbocycles. The van der Waals surface area contributed by atoms with E-state index in [1.165, 1.54) is 30.4 Å². The summed E-state index contributed by atoms with van der Waals surface area (Å²) in [6, 6.07) is 19.6. The number of amides is 4. The van der Waals surface area contributed by atoms with Gasteiger partial charge < -0.3 is 24.3 Å². The van der Waals surface area contributed by atoms with Crippen molar-refractivity contribution in [1.29, 1.82) is 0 Å². The van der Waals surface area contributed by atoms with Crippen LogP contribution in [-0.2, 0) is 11.3 Å². The van der Waals surface area contributed by atoms with Gasteiger partial charge in [-0.2, -0.15) is 0 Å². The van der Waals surface area contributed by atoms with Gasteiger partial charge >= 0.3 is 12.1 Å². The molecule has 0 aromatic heterocycles. The Balaban J connectivity index is 1.01. The molecule has 1 aliphatic carbocycles. The van der Waals surface area contributed by atoms with Crippen molar-refractivity contribution in [3.63, 3.8) is 0 Å². The second kappa shape index (κ2) is 14.0. The van der Waals surface area contributed by atoms with Gasteiger partial charge in [0, 0.05) is 70.0 Å². The van der Waals surface area contributed by atoms with Crippen LogP contribution >= 0.6 is 0 Å². The second-order valence-electron chi connectivity index (χ2n) is 14.5. The Bertz CT molecular complexity index is 1340. The van der Waals surface area contributed by atoms with Crippen LogP contribution in [0.2, 0.25) is 0 Å². The Morgan fingerprint density at radius 3 is 2.02 bits per heavy atom. The van der Waals surface area contributed by atoms with E-state index in [0.29, 0.717) is 37.8 Å². The molecule has 3 aliphatic heterocycles. The standard InChI is InChI=1S/C37H51N5O4/c1-37(2,3)46-36(45)40-24-22-39(23-25-40)34(43)30-16-14-28(15-17-30)26-38-20-18-32(19-21-38)42-33(29-10-6-4-7-11-29)27-41(35(42)44)31-12-8-5-9-13-31/h4,6-7,10-11,14-17,31-33H,5,8-9,12-13,18-27H2,1-3H3/t33-/m0/s1. The molecule has 3 saturated heterocycles. The number of hydrogen-bond donors (Lipinski definition) is 0. The zero-order valence-corrected chi connectivity index (χ0v) is 27.9. The van der Waals surface area contributed by atoms with E-state index in [1.54, 1.807) is 4.90 Å². The maximum atomic E-state index is 13.9. The van der Waals surface area contributed by atoms with Gasteiger partial charge in [0.15, 0.2) is 0 Å². The monoisotopic (exact) mass is 629 g/mol. The van der Waals surface area contributed by atoms with Crippen molar-refractivity contribution in [2.45, 2.75) is 96.0 Å². The number of nitrogens with zero attached hydrogens (tertiary/aromatic N) is 5. The summed E-state index contributed by atoms with van der Waals surface area (Å²) in [6.45, 7) is 11.1. The minimum absolute atomic E-state index is 0.00160. The third-order valence-corrected chi connectivity index (χ3v) is 10.1. The number of ether oxygens (including phenoxy) is 1. The lowest BCUT2D eigenvalue weighted by Gasteiger charge is -2.39. The summed E-state index contributed by atoms with van der Waals surface area (Å²) >= 11 is 0. The molecule has 0 unspecified atom stereocenters. The first-order valence-corrected chi connectivity index (χ1v) is 17.4. The van der Waals surface area contributed by atoms with Gasteiger partial charge in [-0.05, 0) is 69.7 Å². The average Bonchev–Trinajstić information content (AvgIpc) is 3.42. The molecule has 4 aliphatic rings. The molecule has 9 heteroatoms. The van der Waals surface area contributed by atoms with Gasteiger partial charge in [-0.25, -0.2) is 9.59 Å². The number of benzene rings is 2. The summed E-state index contributed by atoms with van der Waals surface area (Å²) in [5.74, 6) is 0.00160. The minimum atomic E-state index is -0.532. The molecule has 0 N–H and O–H groups in total. The van der Waals surface area contributed by atoms with E-state index in [-0.39, 0.29) is 30.1 Å². The number of piperidine rings is 1. The van der Waals surface area contributed by atoms with E-state index in [1.807, 2.05) is 37.8 Å². The fraction of sp³-hybridized carbons (Fsp3) is 0.595. The smallest absolute Gasteiger partial charge is 0.410 e. The summed E-state index contributed by atoms with van der Waals surface area (Å²) in [7, 11) is 0. The van der Waals surface area contributed by atoms with Crippen LogP contribution in [0.25, 0.3) is 0 Å². The number of likely N-dealkylation sites (tertiary alicyclic amines) is 1. The van der Waals surface area contributed by atoms with Crippen molar-refractivity contribution in [1.82, 2.24) is 24.5 Å². The molecular formula is C37H51N5O4. The lowest BCUT2D eigenvalue weighted by atomic mass is 9.94. The highest BCUT2D eigenvalue weighted by Gasteiger charge is 2.45. The van der Waals surface area contributed by atoms with Crippen LogP contribution in [0.3, 0.4) is 0 Å². The van der Waals surface area contributed by atoms with Crippen LogP contribution in [0.5, 0.6) is 0 Å². The fourth-order valence-corrected chi connectivity index (χ4v) is 7.65. The number of carbonyl (C=O) groups excluding carboxylic acids is 3. The summed E-state index contributed by atoms with van der Waals surface area (Å²) in [6.07, 6.45) is 7.63. The largest absolute Gasteiger partial charge is 0.444 e. The Morgan fingerprint density at radius 2 is 1.39 bits per heavy atom. The third kappa shape index (κ3) is 7.51. The molecule has 9 nitrogen and oxygen atoms in total. The van der Waals surface area contributed by atoms with E-state index < -0.39 is 5.60 Å². The molecule has 3 heterocycles. The minimum Gasteiger partial charge on any atom is -0.444 e. The maximum Gasteiger partial charge on any atom is 0.410 e. The first kappa shape index (κ1) is 32.4. The van der Waals surface area contributed by atoms with Crippen LogP contribution in [0.4, 0.5) is 9.59 Å². The molecule has 4 amide bonds. The Kier molecular flexibility index (Phi) is 9.87. The predicted molar refractivity (Wildman–Crippen MR) is 178 cm³/mol. The van der Waals surface area contributed by atoms with Gasteiger partial charge in [0.25, 0.3) is 5.91 Å². The highest BCUT2D eigenvalue weighted by atomic mass is 16.6. The topological polar surface area (TPSA) is 76.6 Å². The van der Waals surface area contributed by atoms with Crippen molar-refractivity contribution in [3.05, 3.63) is 71.3 Å². The van der Waals surface area contributed by atoms with Crippen LogP contribution in [-0.4, -0.2) is 106 Å². The van der Waals surface area contributed by atoms with Gasteiger partial charge in [-0.3, -0.25) is 9.69 Å². The Labute approximate surface area is 274 Å². The number of piperazine rings is 1. The van der Waals surface area contributed by atoms with Crippen LogP contribution in [0.1, 0.15) is 93.2 Å². The van der Waals surface area contributed by atoms with Gasteiger partial charge in [0.2, 0.25) is 0 Å². The summed E-state index contributed by atoms with van der Waals surface area (Å²) in [4.78, 5) is 49.9. The van der Waals surface area contributed by atoms with Gasteiger partial charge in [-0.15, -0.1) is 0 Å². The second-order valence-corrected chi connectivity index (χ2v) is 14.5. The third-order valence-electron chi connectivity index (χ3n) is 10.1. The highest BCUT2D eigenvalue weighted by Crippen LogP contribution is 2.38. The van der Waals surface area contributed by atoms with Gasteiger partial charge in [0.05, 0.1) is 6.04 Å². The molecule has 0 spiro atoms. The molecule has 2 aromatic rings. The number of urea groups is 1. The summed E-state index contributed by atoms with van der Waals surface area (Å²) < 4.78 is 5.48. The SMILES string of the molecule is CC(C)(C)OC(=O)N1CCN(C(=O)c2ccc(CN3CCC(N4C(=O)N(C5CCCCC5)C[C@H]4c4ccccc4)CC3)cc2)CC1. The normalized spacial score (nSPS) is 22.4. The fourth-order valence-electron chi connectivity index (χ4n) is 7.65. The van der Waals surface area contributed by atoms with E-state index in [4.69, 9.17) is 4.74 Å². The Hall–Kier alpha value is -3.59. The van der Waals surface area contributed by atoms with Crippen LogP contribution in [0.15, 0.2) is 54.6 Å². The van der Waals surface area contributed by atoms with E-state index in [2.05, 4.69) is 57.2 Å². The van der Waals surface area contributed by atoms with E-state index in [9.17, 15) is 14.4 Å². The number of rotatable bonds is 6. The molecule has 0 bridgehead atoms. The summed E-state index contributed by atoms with van der Waals surface area (Å²) in [5.41, 5.74) is 2.58. The highest BCUT2D eigenvalue weighted by molar-refractivity contribution is 5.94. The quantitative estimate of drug-likeness (QED) is 0.383. The van der Waals surface area contributed by atoms with Crippen LogP contribution in [0, 0.1) is 0 Å². The van der Waals surface area contributed by atoms with Crippen molar-refractivity contribution in [3.8, 4) is 0 Å². The average molecular weight is 630 g/mol. The molecule has 1 saturated carbocycles. The molecule has 0 radical (unpaired) electrons. The van der Waals surface area contributed by atoms with Crippen molar-refractivity contribution in [2.75, 3.05) is 45.8 Å². The van der Waals surface area contributed by atoms with E-state index in [0.717, 1.165) is 51.9 Å². The number of carbonyl (C=O) groups is 3. The molecule has 1 atom stereocenters. The zero-order chi connectivity index (χ0) is 32.3. The zero-order valence-electron chi connectivity index (χ0n) is 27.9. The van der Waals surface area contributed by atoms with Crippen molar-refractivity contribution < 1.29 is 19.1 Å². The first-order chi connectivity index (χ1) is 22.2. The summed E-state index contributed by atoms with van der Waals surface area (Å²) in [5, 5.41) is 0. The number of hydrogen-bond acceptors (Lipinski definition) is 5. The molecule has 46 heavy (non-hydrogen) atoms. The van der Waals surface area contributed by atoms with Crippen molar-refractivity contribution in [2.24, 2.45) is 0 Å². The first-order valence-electron chi connectivity index (χ1n) is 17.4. The van der Waals surface area contributed by atoms with Crippen LogP contribution < -0.4 is 0 Å². The predicted octanol–water partition coefficient (Wildman–Crippen LogP) is 6.16. The molecule has 4 fully saturated rings. The lowest BCUT2D eigenvalue weighted by Crippen LogP contribution is -2.51. The molecule has 6 rings (SSSR count). The maximum absolute atomic E-state index is 13.9. The van der Waals surface area contributed by atoms with E-state index >= 15 is 0 Å². The molecular weight excluding hydrogens is 578 g/mol. The van der Waals surface area contributed by atoms with Crippen molar-refractivity contribution >= 4 is 18.0 Å². The van der Waals surface area contributed by atoms with Gasteiger partial charge in [0.1, 0.15) is 5.60 Å².